The van der Waals surface area contributed by atoms with E-state index < -0.39 is 0 Å². The molecule has 1 N–H and O–H groups in total. The third-order valence-electron chi connectivity index (χ3n) is 3.41. The topological polar surface area (TPSA) is 21.3 Å². The molecule has 0 amide bonds. The first kappa shape index (κ1) is 16.5. The van der Waals surface area contributed by atoms with Crippen molar-refractivity contribution in [3.05, 3.63) is 50.6 Å². The predicted octanol–water partition coefficient (Wildman–Crippen LogP) is 4.67. The molecule has 1 unspecified atom stereocenters. The van der Waals surface area contributed by atoms with Gasteiger partial charge in [0.15, 0.2) is 0 Å². The van der Waals surface area contributed by atoms with E-state index in [1.807, 2.05) is 23.5 Å². The molecule has 1 aromatic carbocycles. The maximum Gasteiger partial charge on any atom is 0.122 e. The van der Waals surface area contributed by atoms with Gasteiger partial charge in [0.2, 0.25) is 0 Å². The van der Waals surface area contributed by atoms with Crippen LogP contribution < -0.4 is 10.1 Å². The van der Waals surface area contributed by atoms with Crippen molar-refractivity contribution >= 4 is 27.3 Å². The van der Waals surface area contributed by atoms with Gasteiger partial charge in [0, 0.05) is 20.8 Å². The smallest absolute Gasteiger partial charge is 0.122 e. The lowest BCUT2D eigenvalue weighted by Crippen LogP contribution is -2.33. The van der Waals surface area contributed by atoms with Crippen molar-refractivity contribution in [2.24, 2.45) is 0 Å². The molecule has 2 rings (SSSR count). The molecule has 4 heteroatoms. The van der Waals surface area contributed by atoms with Crippen molar-refractivity contribution < 1.29 is 4.74 Å². The monoisotopic (exact) mass is 367 g/mol. The van der Waals surface area contributed by atoms with E-state index in [1.54, 1.807) is 7.11 Å². The normalized spacial score (nSPS) is 12.3. The van der Waals surface area contributed by atoms with Crippen LogP contribution in [0.5, 0.6) is 5.75 Å². The lowest BCUT2D eigenvalue weighted by molar-refractivity contribution is 0.404. The molecular weight excluding hydrogens is 346 g/mol. The summed E-state index contributed by atoms with van der Waals surface area (Å²) in [7, 11) is 1.74. The highest BCUT2D eigenvalue weighted by Crippen LogP contribution is 2.24. The summed E-state index contributed by atoms with van der Waals surface area (Å²) in [5, 5.41) is 5.81. The number of methoxy groups -OCH3 is 1. The van der Waals surface area contributed by atoms with E-state index in [2.05, 4.69) is 51.7 Å². The van der Waals surface area contributed by atoms with Gasteiger partial charge in [-0.25, -0.2) is 0 Å². The van der Waals surface area contributed by atoms with Crippen LogP contribution in [0.1, 0.15) is 23.8 Å². The van der Waals surface area contributed by atoms with Crippen molar-refractivity contribution in [3.63, 3.8) is 0 Å². The van der Waals surface area contributed by atoms with Crippen molar-refractivity contribution in [2.75, 3.05) is 13.7 Å². The summed E-state index contributed by atoms with van der Waals surface area (Å²) < 4.78 is 6.65. The first-order valence-electron chi connectivity index (χ1n) is 7.31. The quantitative estimate of drug-likeness (QED) is 0.731. The Morgan fingerprint density at radius 1 is 1.29 bits per heavy atom. The Morgan fingerprint density at radius 2 is 2.10 bits per heavy atom. The second-order valence-electron chi connectivity index (χ2n) is 5.10. The summed E-state index contributed by atoms with van der Waals surface area (Å²) in [5.41, 5.74) is 1.27. The Bertz CT molecular complexity index is 555. The predicted molar refractivity (Wildman–Crippen MR) is 94.5 cm³/mol. The molecule has 114 valence electrons. The molecule has 0 aliphatic rings. The number of hydrogen-bond acceptors (Lipinski definition) is 3. The number of thiophene rings is 1. The van der Waals surface area contributed by atoms with Gasteiger partial charge in [-0.1, -0.05) is 25.1 Å². The third-order valence-corrected chi connectivity index (χ3v) is 5.13. The van der Waals surface area contributed by atoms with Crippen molar-refractivity contribution in [1.29, 1.82) is 0 Å². The minimum absolute atomic E-state index is 0.437. The molecule has 1 aromatic heterocycles. The molecule has 0 aliphatic carbocycles. The number of benzene rings is 1. The van der Waals surface area contributed by atoms with E-state index in [0.717, 1.165) is 31.6 Å². The van der Waals surface area contributed by atoms with Crippen LogP contribution in [0.15, 0.2) is 40.2 Å². The van der Waals surface area contributed by atoms with Crippen molar-refractivity contribution in [1.82, 2.24) is 5.32 Å². The lowest BCUT2D eigenvalue weighted by atomic mass is 10.0. The largest absolute Gasteiger partial charge is 0.496 e. The summed E-state index contributed by atoms with van der Waals surface area (Å²) in [4.78, 5) is 1.41. The molecule has 0 aliphatic heterocycles. The van der Waals surface area contributed by atoms with Crippen LogP contribution in [0.2, 0.25) is 0 Å². The molecule has 0 radical (unpaired) electrons. The molecule has 2 aromatic rings. The fourth-order valence-corrected chi connectivity index (χ4v) is 3.94. The second-order valence-corrected chi connectivity index (χ2v) is 7.01. The highest BCUT2D eigenvalue weighted by Gasteiger charge is 2.13. The number of rotatable bonds is 8. The van der Waals surface area contributed by atoms with Crippen molar-refractivity contribution in [2.45, 2.75) is 32.2 Å². The molecule has 0 bridgehead atoms. The molecule has 2 nitrogen and oxygen atoms in total. The molecule has 1 atom stereocenters. The standard InChI is InChI=1S/C17H22BrNOS/c1-3-8-19-15(11-16-10-14(18)12-21-16)9-13-6-4-5-7-17(13)20-2/h4-7,10,12,15,19H,3,8-9,11H2,1-2H3. The maximum atomic E-state index is 5.47. The van der Waals surface area contributed by atoms with E-state index in [0.29, 0.717) is 6.04 Å². The van der Waals surface area contributed by atoms with Crippen LogP contribution in [-0.4, -0.2) is 19.7 Å². The Kier molecular flexibility index (Phi) is 6.74. The summed E-state index contributed by atoms with van der Waals surface area (Å²) in [6, 6.07) is 10.9. The number of ether oxygens (including phenoxy) is 1. The van der Waals surface area contributed by atoms with Gasteiger partial charge in [-0.2, -0.15) is 0 Å². The van der Waals surface area contributed by atoms with Crippen LogP contribution in [-0.2, 0) is 12.8 Å². The summed E-state index contributed by atoms with van der Waals surface area (Å²) in [5.74, 6) is 0.980. The molecule has 0 spiro atoms. The van der Waals surface area contributed by atoms with Gasteiger partial charge in [0.25, 0.3) is 0 Å². The maximum absolute atomic E-state index is 5.47. The number of hydrogen-bond donors (Lipinski definition) is 1. The summed E-state index contributed by atoms with van der Waals surface area (Å²) in [6.45, 7) is 3.25. The zero-order valence-corrected chi connectivity index (χ0v) is 15.0. The first-order valence-corrected chi connectivity index (χ1v) is 8.98. The van der Waals surface area contributed by atoms with Gasteiger partial charge < -0.3 is 10.1 Å². The van der Waals surface area contributed by atoms with E-state index in [4.69, 9.17) is 4.74 Å². The average molecular weight is 368 g/mol. The Morgan fingerprint density at radius 3 is 2.76 bits per heavy atom. The Labute approximate surface area is 139 Å². The van der Waals surface area contributed by atoms with E-state index in [1.165, 1.54) is 14.9 Å². The molecule has 1 heterocycles. The zero-order valence-electron chi connectivity index (χ0n) is 12.6. The number of halogens is 1. The van der Waals surface area contributed by atoms with Gasteiger partial charge >= 0.3 is 0 Å². The van der Waals surface area contributed by atoms with E-state index >= 15 is 0 Å². The van der Waals surface area contributed by atoms with E-state index in [9.17, 15) is 0 Å². The van der Waals surface area contributed by atoms with Gasteiger partial charge in [-0.3, -0.25) is 0 Å². The van der Waals surface area contributed by atoms with Gasteiger partial charge in [-0.05, 0) is 59.4 Å². The molecule has 0 fully saturated rings. The minimum atomic E-state index is 0.437. The highest BCUT2D eigenvalue weighted by molar-refractivity contribution is 9.10. The van der Waals surface area contributed by atoms with Gasteiger partial charge in [-0.15, -0.1) is 11.3 Å². The molecule has 0 saturated carbocycles. The second kappa shape index (κ2) is 8.57. The SMILES string of the molecule is CCCNC(Cc1cc(Br)cs1)Cc1ccccc1OC. The zero-order chi connectivity index (χ0) is 15.1. The molecule has 0 saturated heterocycles. The fourth-order valence-electron chi connectivity index (χ4n) is 2.41. The average Bonchev–Trinajstić information content (AvgIpc) is 2.90. The number of nitrogens with one attached hydrogen (secondary N) is 1. The van der Waals surface area contributed by atoms with Gasteiger partial charge in [0.1, 0.15) is 5.75 Å². The number of para-hydroxylation sites is 1. The van der Waals surface area contributed by atoms with E-state index in [-0.39, 0.29) is 0 Å². The van der Waals surface area contributed by atoms with Crippen LogP contribution >= 0.6 is 27.3 Å². The van der Waals surface area contributed by atoms with Crippen LogP contribution in [0.4, 0.5) is 0 Å². The van der Waals surface area contributed by atoms with Crippen LogP contribution in [0.25, 0.3) is 0 Å². The summed E-state index contributed by atoms with van der Waals surface area (Å²) in [6.07, 6.45) is 3.18. The van der Waals surface area contributed by atoms with Crippen LogP contribution in [0.3, 0.4) is 0 Å². The first-order chi connectivity index (χ1) is 10.2. The van der Waals surface area contributed by atoms with Gasteiger partial charge in [0.05, 0.1) is 7.11 Å². The lowest BCUT2D eigenvalue weighted by Gasteiger charge is -2.19. The summed E-state index contributed by atoms with van der Waals surface area (Å²) >= 11 is 5.35. The Balaban J connectivity index is 2.08. The fraction of sp³-hybridized carbons (Fsp3) is 0.412. The Hall–Kier alpha value is -0.840. The third kappa shape index (κ3) is 5.13. The molecule has 21 heavy (non-hydrogen) atoms. The van der Waals surface area contributed by atoms with Crippen LogP contribution in [0, 0.1) is 0 Å². The highest BCUT2D eigenvalue weighted by atomic mass is 79.9. The minimum Gasteiger partial charge on any atom is -0.496 e. The van der Waals surface area contributed by atoms with Crippen molar-refractivity contribution in [3.8, 4) is 5.75 Å². The molecular formula is C17H22BrNOS.